The van der Waals surface area contributed by atoms with E-state index in [9.17, 15) is 0 Å². The molecule has 0 spiro atoms. The maximum absolute atomic E-state index is 8.74. The second-order valence-electron chi connectivity index (χ2n) is 3.84. The van der Waals surface area contributed by atoms with Crippen LogP contribution in [-0.2, 0) is 6.42 Å². The molecular formula is C11H12N4OS. The van der Waals surface area contributed by atoms with Crippen LogP contribution in [0.3, 0.4) is 0 Å². The average molecular weight is 248 g/mol. The quantitative estimate of drug-likeness (QED) is 0.825. The Kier molecular flexibility index (Phi) is 3.52. The molecule has 0 atom stereocenters. The summed E-state index contributed by atoms with van der Waals surface area (Å²) in [6.07, 6.45) is 0.757. The van der Waals surface area contributed by atoms with Crippen molar-refractivity contribution < 1.29 is 4.52 Å². The fourth-order valence-electron chi connectivity index (χ4n) is 1.29. The molecule has 0 fully saturated rings. The average Bonchev–Trinajstić information content (AvgIpc) is 2.94. The van der Waals surface area contributed by atoms with Crippen LogP contribution in [-0.4, -0.2) is 35.7 Å². The van der Waals surface area contributed by atoms with E-state index >= 15 is 0 Å². The zero-order chi connectivity index (χ0) is 12.3. The van der Waals surface area contributed by atoms with Gasteiger partial charge in [0.15, 0.2) is 5.82 Å². The second kappa shape index (κ2) is 5.08. The predicted octanol–water partition coefficient (Wildman–Crippen LogP) is 1.77. The third-order valence-corrected chi connectivity index (χ3v) is 3.16. The van der Waals surface area contributed by atoms with Gasteiger partial charge in [-0.1, -0.05) is 5.16 Å². The first-order valence-electron chi connectivity index (χ1n) is 5.16. The minimum Gasteiger partial charge on any atom is -0.333 e. The Labute approximate surface area is 103 Å². The molecule has 2 aromatic heterocycles. The molecule has 88 valence electrons. The maximum atomic E-state index is 8.74. The fourth-order valence-corrected chi connectivity index (χ4v) is 2.02. The molecule has 0 N–H and O–H groups in total. The van der Waals surface area contributed by atoms with Crippen molar-refractivity contribution in [2.24, 2.45) is 0 Å². The van der Waals surface area contributed by atoms with Crippen LogP contribution in [0.25, 0.3) is 10.8 Å². The molecule has 6 heteroatoms. The van der Waals surface area contributed by atoms with Crippen molar-refractivity contribution in [3.63, 3.8) is 0 Å². The van der Waals surface area contributed by atoms with Crippen LogP contribution in [0.2, 0.25) is 0 Å². The van der Waals surface area contributed by atoms with Crippen molar-refractivity contribution >= 4 is 11.3 Å². The molecule has 5 nitrogen and oxygen atoms in total. The Morgan fingerprint density at radius 2 is 2.29 bits per heavy atom. The van der Waals surface area contributed by atoms with Gasteiger partial charge in [-0.3, -0.25) is 0 Å². The highest BCUT2D eigenvalue weighted by Gasteiger charge is 2.11. The van der Waals surface area contributed by atoms with Gasteiger partial charge >= 0.3 is 0 Å². The summed E-state index contributed by atoms with van der Waals surface area (Å²) < 4.78 is 5.16. The molecule has 0 saturated carbocycles. The number of thiophene rings is 1. The SMILES string of the molecule is CN(C)CCc1noc(-c2ccc(C#N)s2)n1. The molecular weight excluding hydrogens is 236 g/mol. The summed E-state index contributed by atoms with van der Waals surface area (Å²) in [4.78, 5) is 7.85. The summed E-state index contributed by atoms with van der Waals surface area (Å²) in [5.74, 6) is 1.19. The van der Waals surface area contributed by atoms with E-state index in [0.717, 1.165) is 17.8 Å². The van der Waals surface area contributed by atoms with E-state index in [4.69, 9.17) is 9.78 Å². The lowest BCUT2D eigenvalue weighted by molar-refractivity contribution is 0.392. The van der Waals surface area contributed by atoms with Gasteiger partial charge in [0.1, 0.15) is 10.9 Å². The number of aromatic nitrogens is 2. The third kappa shape index (κ3) is 2.90. The minimum absolute atomic E-state index is 0.491. The van der Waals surface area contributed by atoms with Crippen molar-refractivity contribution in [2.45, 2.75) is 6.42 Å². The van der Waals surface area contributed by atoms with Crippen LogP contribution in [0.5, 0.6) is 0 Å². The lowest BCUT2D eigenvalue weighted by atomic mass is 10.4. The highest BCUT2D eigenvalue weighted by atomic mass is 32.1. The number of nitrogens with zero attached hydrogens (tertiary/aromatic N) is 4. The first kappa shape index (κ1) is 11.8. The van der Waals surface area contributed by atoms with Gasteiger partial charge in [-0.05, 0) is 26.2 Å². The molecule has 17 heavy (non-hydrogen) atoms. The van der Waals surface area contributed by atoms with Crippen LogP contribution in [0.4, 0.5) is 0 Å². The van der Waals surface area contributed by atoms with Gasteiger partial charge in [0.25, 0.3) is 5.89 Å². The Morgan fingerprint density at radius 3 is 2.94 bits per heavy atom. The molecule has 0 aromatic carbocycles. The number of hydrogen-bond acceptors (Lipinski definition) is 6. The van der Waals surface area contributed by atoms with Crippen LogP contribution in [0.1, 0.15) is 10.7 Å². The minimum atomic E-state index is 0.491. The number of nitriles is 1. The van der Waals surface area contributed by atoms with Crippen molar-refractivity contribution in [3.05, 3.63) is 22.8 Å². The van der Waals surface area contributed by atoms with Gasteiger partial charge in [0.05, 0.1) is 4.88 Å². The van der Waals surface area contributed by atoms with Gasteiger partial charge < -0.3 is 9.42 Å². The Balaban J connectivity index is 2.10. The van der Waals surface area contributed by atoms with Gasteiger partial charge in [0, 0.05) is 13.0 Å². The molecule has 0 radical (unpaired) electrons. The van der Waals surface area contributed by atoms with Crippen molar-refractivity contribution in [3.8, 4) is 16.8 Å². The number of rotatable bonds is 4. The van der Waals surface area contributed by atoms with Crippen molar-refractivity contribution in [2.75, 3.05) is 20.6 Å². The molecule has 0 bridgehead atoms. The van der Waals surface area contributed by atoms with Crippen LogP contribution in [0.15, 0.2) is 16.7 Å². The monoisotopic (exact) mass is 248 g/mol. The fraction of sp³-hybridized carbons (Fsp3) is 0.364. The lowest BCUT2D eigenvalue weighted by Crippen LogP contribution is -2.15. The highest BCUT2D eigenvalue weighted by molar-refractivity contribution is 7.15. The van der Waals surface area contributed by atoms with Crippen LogP contribution >= 0.6 is 11.3 Å². The van der Waals surface area contributed by atoms with E-state index in [1.54, 1.807) is 6.07 Å². The Bertz CT molecular complexity index is 538. The predicted molar refractivity (Wildman–Crippen MR) is 64.6 cm³/mol. The molecule has 0 saturated heterocycles. The molecule has 2 rings (SSSR count). The summed E-state index contributed by atoms with van der Waals surface area (Å²) >= 11 is 1.36. The first-order valence-corrected chi connectivity index (χ1v) is 5.98. The summed E-state index contributed by atoms with van der Waals surface area (Å²) in [6.45, 7) is 0.882. The van der Waals surface area contributed by atoms with Gasteiger partial charge in [0.2, 0.25) is 0 Å². The number of likely N-dealkylation sites (N-methyl/N-ethyl adjacent to an activating group) is 1. The maximum Gasteiger partial charge on any atom is 0.268 e. The largest absolute Gasteiger partial charge is 0.333 e. The molecule has 0 aliphatic rings. The van der Waals surface area contributed by atoms with E-state index in [1.165, 1.54) is 11.3 Å². The molecule has 2 heterocycles. The summed E-state index contributed by atoms with van der Waals surface area (Å²) in [7, 11) is 4.00. The highest BCUT2D eigenvalue weighted by Crippen LogP contribution is 2.26. The summed E-state index contributed by atoms with van der Waals surface area (Å²) in [5, 5.41) is 12.6. The lowest BCUT2D eigenvalue weighted by Gasteiger charge is -2.05. The van der Waals surface area contributed by atoms with Crippen LogP contribution in [0, 0.1) is 11.3 Å². The van der Waals surface area contributed by atoms with Gasteiger partial charge in [-0.2, -0.15) is 10.2 Å². The van der Waals surface area contributed by atoms with Gasteiger partial charge in [-0.15, -0.1) is 11.3 Å². The summed E-state index contributed by atoms with van der Waals surface area (Å²) in [5.41, 5.74) is 0. The van der Waals surface area contributed by atoms with E-state index in [0.29, 0.717) is 16.6 Å². The Hall–Kier alpha value is -1.71. The second-order valence-corrected chi connectivity index (χ2v) is 4.93. The van der Waals surface area contributed by atoms with Crippen LogP contribution < -0.4 is 0 Å². The smallest absolute Gasteiger partial charge is 0.268 e. The normalized spacial score (nSPS) is 10.7. The molecule has 2 aromatic rings. The van der Waals surface area contributed by atoms with E-state index in [2.05, 4.69) is 21.1 Å². The molecule has 0 aliphatic carbocycles. The van der Waals surface area contributed by atoms with Gasteiger partial charge in [-0.25, -0.2) is 0 Å². The van der Waals surface area contributed by atoms with E-state index in [1.807, 2.05) is 20.2 Å². The zero-order valence-corrected chi connectivity index (χ0v) is 10.5. The molecule has 0 aliphatic heterocycles. The zero-order valence-electron chi connectivity index (χ0n) is 9.67. The van der Waals surface area contributed by atoms with E-state index < -0.39 is 0 Å². The van der Waals surface area contributed by atoms with Crippen molar-refractivity contribution in [1.82, 2.24) is 15.0 Å². The van der Waals surface area contributed by atoms with E-state index in [-0.39, 0.29) is 0 Å². The standard InChI is InChI=1S/C11H12N4OS/c1-15(2)6-5-10-13-11(16-14-10)9-4-3-8(7-12)17-9/h3-4H,5-6H2,1-2H3. The summed E-state index contributed by atoms with van der Waals surface area (Å²) in [6, 6.07) is 5.67. The molecule has 0 unspecified atom stereocenters. The first-order chi connectivity index (χ1) is 8.19. The topological polar surface area (TPSA) is 66.0 Å². The number of hydrogen-bond donors (Lipinski definition) is 0. The third-order valence-electron chi connectivity index (χ3n) is 2.18. The molecule has 0 amide bonds. The Morgan fingerprint density at radius 1 is 1.47 bits per heavy atom. The van der Waals surface area contributed by atoms with Crippen molar-refractivity contribution in [1.29, 1.82) is 5.26 Å².